The number of ether oxygens (including phenoxy) is 3. The maximum Gasteiger partial charge on any atom is 0.0753 e. The highest BCUT2D eigenvalue weighted by Gasteiger charge is 2.45. The van der Waals surface area contributed by atoms with Crippen LogP contribution < -0.4 is 0 Å². The van der Waals surface area contributed by atoms with E-state index in [2.05, 4.69) is 6.92 Å². The summed E-state index contributed by atoms with van der Waals surface area (Å²) in [5, 5.41) is 0. The Morgan fingerprint density at radius 1 is 1.11 bits per heavy atom. The number of unbranched alkanes of at least 4 members (excludes halogenated alkanes) is 3. The maximum absolute atomic E-state index is 6.00. The van der Waals surface area contributed by atoms with E-state index in [0.717, 1.165) is 25.9 Å². The Balaban J connectivity index is 2.67. The summed E-state index contributed by atoms with van der Waals surface area (Å²) in [4.78, 5) is 0. The molecule has 114 valence electrons. The molecule has 3 nitrogen and oxygen atoms in total. The van der Waals surface area contributed by atoms with E-state index in [1.165, 1.54) is 32.1 Å². The molecule has 1 saturated carbocycles. The van der Waals surface area contributed by atoms with Gasteiger partial charge in [-0.1, -0.05) is 32.6 Å². The van der Waals surface area contributed by atoms with Gasteiger partial charge in [-0.2, -0.15) is 0 Å². The molecule has 0 amide bonds. The molecule has 0 saturated heterocycles. The first-order chi connectivity index (χ1) is 9.24. The third-order valence-corrected chi connectivity index (χ3v) is 4.72. The Morgan fingerprint density at radius 3 is 2.47 bits per heavy atom. The van der Waals surface area contributed by atoms with Crippen molar-refractivity contribution in [1.82, 2.24) is 0 Å². The lowest BCUT2D eigenvalue weighted by molar-refractivity contribution is -0.156. The third-order valence-electron chi connectivity index (χ3n) is 4.72. The van der Waals surface area contributed by atoms with Crippen molar-refractivity contribution in [3.05, 3.63) is 0 Å². The predicted molar refractivity (Wildman–Crippen MR) is 78.5 cm³/mol. The van der Waals surface area contributed by atoms with Gasteiger partial charge in [0.2, 0.25) is 0 Å². The molecular weight excluding hydrogens is 240 g/mol. The molecule has 3 atom stereocenters. The summed E-state index contributed by atoms with van der Waals surface area (Å²) in [5.41, 5.74) is -0.0390. The molecule has 19 heavy (non-hydrogen) atoms. The minimum atomic E-state index is -0.0390. The Kier molecular flexibility index (Phi) is 7.96. The van der Waals surface area contributed by atoms with Crippen LogP contribution in [0.5, 0.6) is 0 Å². The van der Waals surface area contributed by atoms with E-state index in [4.69, 9.17) is 14.2 Å². The normalized spacial score (nSPS) is 31.6. The highest BCUT2D eigenvalue weighted by Crippen LogP contribution is 2.41. The van der Waals surface area contributed by atoms with Gasteiger partial charge in [-0.15, -0.1) is 0 Å². The monoisotopic (exact) mass is 272 g/mol. The van der Waals surface area contributed by atoms with Gasteiger partial charge in [0.15, 0.2) is 0 Å². The molecule has 0 heterocycles. The second-order valence-corrected chi connectivity index (χ2v) is 5.81. The summed E-state index contributed by atoms with van der Waals surface area (Å²) in [6.45, 7) is 2.99. The summed E-state index contributed by atoms with van der Waals surface area (Å²) in [5.74, 6) is 0.364. The van der Waals surface area contributed by atoms with Crippen LogP contribution in [0, 0.1) is 5.92 Å². The van der Waals surface area contributed by atoms with Crippen molar-refractivity contribution in [3.63, 3.8) is 0 Å². The molecule has 0 aromatic rings. The minimum Gasteiger partial charge on any atom is -0.384 e. The third kappa shape index (κ3) is 4.44. The molecular formula is C16H32O3. The highest BCUT2D eigenvalue weighted by molar-refractivity contribution is 4.96. The van der Waals surface area contributed by atoms with Gasteiger partial charge in [-0.3, -0.25) is 0 Å². The standard InChI is InChI=1S/C16H32O3/c1-5-6-7-8-11-16(19-4)12-9-10-15(18-3)14(16)13-17-2/h14-15H,5-13H2,1-4H3. The van der Waals surface area contributed by atoms with E-state index in [1.807, 2.05) is 14.2 Å². The molecule has 1 aliphatic rings. The van der Waals surface area contributed by atoms with Crippen LogP contribution in [-0.4, -0.2) is 39.6 Å². The molecule has 0 spiro atoms. The van der Waals surface area contributed by atoms with Crippen molar-refractivity contribution in [1.29, 1.82) is 0 Å². The van der Waals surface area contributed by atoms with Crippen LogP contribution in [0.1, 0.15) is 58.3 Å². The lowest BCUT2D eigenvalue weighted by Crippen LogP contribution is -2.51. The smallest absolute Gasteiger partial charge is 0.0753 e. The molecule has 0 aromatic carbocycles. The van der Waals surface area contributed by atoms with Crippen molar-refractivity contribution in [2.24, 2.45) is 5.92 Å². The quantitative estimate of drug-likeness (QED) is 0.597. The summed E-state index contributed by atoms with van der Waals surface area (Å²) >= 11 is 0. The van der Waals surface area contributed by atoms with Crippen LogP contribution in [0.4, 0.5) is 0 Å². The molecule has 1 aliphatic carbocycles. The second-order valence-electron chi connectivity index (χ2n) is 5.81. The van der Waals surface area contributed by atoms with Crippen LogP contribution in [-0.2, 0) is 14.2 Å². The van der Waals surface area contributed by atoms with Crippen molar-refractivity contribution in [2.45, 2.75) is 70.0 Å². The van der Waals surface area contributed by atoms with Crippen molar-refractivity contribution < 1.29 is 14.2 Å². The van der Waals surface area contributed by atoms with Crippen LogP contribution in [0.25, 0.3) is 0 Å². The summed E-state index contributed by atoms with van der Waals surface area (Å²) in [6.07, 6.45) is 10.0. The van der Waals surface area contributed by atoms with Crippen LogP contribution in [0.3, 0.4) is 0 Å². The average molecular weight is 272 g/mol. The van der Waals surface area contributed by atoms with Gasteiger partial charge in [-0.05, 0) is 25.7 Å². The Bertz CT molecular complexity index is 232. The number of methoxy groups -OCH3 is 3. The molecule has 1 rings (SSSR count). The SMILES string of the molecule is CCCCCCC1(OC)CCCC(OC)C1COC. The zero-order valence-electron chi connectivity index (χ0n) is 13.2. The molecule has 1 fully saturated rings. The molecule has 3 heteroatoms. The van der Waals surface area contributed by atoms with Crippen LogP contribution in [0.15, 0.2) is 0 Å². The first kappa shape index (κ1) is 16.9. The van der Waals surface area contributed by atoms with E-state index in [9.17, 15) is 0 Å². The zero-order chi connectivity index (χ0) is 14.1. The van der Waals surface area contributed by atoms with Crippen LogP contribution >= 0.6 is 0 Å². The van der Waals surface area contributed by atoms with E-state index in [-0.39, 0.29) is 11.7 Å². The van der Waals surface area contributed by atoms with Gasteiger partial charge in [0, 0.05) is 27.2 Å². The minimum absolute atomic E-state index is 0.0390. The molecule has 0 bridgehead atoms. The summed E-state index contributed by atoms with van der Waals surface area (Å²) in [6, 6.07) is 0. The molecule has 0 aliphatic heterocycles. The van der Waals surface area contributed by atoms with E-state index in [0.29, 0.717) is 5.92 Å². The van der Waals surface area contributed by atoms with Gasteiger partial charge < -0.3 is 14.2 Å². The van der Waals surface area contributed by atoms with Gasteiger partial charge in [-0.25, -0.2) is 0 Å². The zero-order valence-corrected chi connectivity index (χ0v) is 13.2. The molecule has 0 N–H and O–H groups in total. The number of rotatable bonds is 9. The largest absolute Gasteiger partial charge is 0.384 e. The summed E-state index contributed by atoms with van der Waals surface area (Å²) in [7, 11) is 5.45. The molecule has 0 radical (unpaired) electrons. The van der Waals surface area contributed by atoms with E-state index >= 15 is 0 Å². The Morgan fingerprint density at radius 2 is 1.89 bits per heavy atom. The van der Waals surface area contributed by atoms with Gasteiger partial charge in [0.1, 0.15) is 0 Å². The second kappa shape index (κ2) is 8.93. The van der Waals surface area contributed by atoms with E-state index < -0.39 is 0 Å². The molecule has 0 aromatic heterocycles. The van der Waals surface area contributed by atoms with Crippen molar-refractivity contribution in [2.75, 3.05) is 27.9 Å². The highest BCUT2D eigenvalue weighted by atomic mass is 16.5. The molecule has 3 unspecified atom stereocenters. The fourth-order valence-electron chi connectivity index (χ4n) is 3.57. The van der Waals surface area contributed by atoms with Crippen molar-refractivity contribution in [3.8, 4) is 0 Å². The lowest BCUT2D eigenvalue weighted by atomic mass is 9.71. The van der Waals surface area contributed by atoms with Crippen molar-refractivity contribution >= 4 is 0 Å². The van der Waals surface area contributed by atoms with Gasteiger partial charge in [0.05, 0.1) is 18.3 Å². The fraction of sp³-hybridized carbons (Fsp3) is 1.00. The maximum atomic E-state index is 6.00. The Labute approximate surface area is 119 Å². The van der Waals surface area contributed by atoms with E-state index in [1.54, 1.807) is 7.11 Å². The van der Waals surface area contributed by atoms with Crippen LogP contribution in [0.2, 0.25) is 0 Å². The number of hydrogen-bond donors (Lipinski definition) is 0. The topological polar surface area (TPSA) is 27.7 Å². The number of hydrogen-bond acceptors (Lipinski definition) is 3. The Hall–Kier alpha value is -0.120. The average Bonchev–Trinajstić information content (AvgIpc) is 2.45. The van der Waals surface area contributed by atoms with Gasteiger partial charge in [0.25, 0.3) is 0 Å². The summed E-state index contributed by atoms with van der Waals surface area (Å²) < 4.78 is 17.1. The first-order valence-electron chi connectivity index (χ1n) is 7.81. The van der Waals surface area contributed by atoms with Gasteiger partial charge >= 0.3 is 0 Å². The lowest BCUT2D eigenvalue weighted by Gasteiger charge is -2.46. The fourth-order valence-corrected chi connectivity index (χ4v) is 3.57. The predicted octanol–water partition coefficient (Wildman–Crippen LogP) is 3.80. The first-order valence-corrected chi connectivity index (χ1v) is 7.81.